The third-order valence-corrected chi connectivity index (χ3v) is 7.39. The highest BCUT2D eigenvalue weighted by Crippen LogP contribution is 2.23. The van der Waals surface area contributed by atoms with E-state index in [1.54, 1.807) is 0 Å². The van der Waals surface area contributed by atoms with Crippen LogP contribution in [0.25, 0.3) is 0 Å². The second-order valence-electron chi connectivity index (χ2n) is 10.9. The molecule has 3 heteroatoms. The number of esters is 2. The second-order valence-corrected chi connectivity index (χ2v) is 10.9. The van der Waals surface area contributed by atoms with Gasteiger partial charge in [-0.2, -0.15) is 0 Å². The monoisotopic (exact) mass is 494 g/mol. The van der Waals surface area contributed by atoms with Crippen LogP contribution in [-0.4, -0.2) is 11.9 Å². The van der Waals surface area contributed by atoms with E-state index in [0.717, 1.165) is 31.6 Å². The lowest BCUT2D eigenvalue weighted by Crippen LogP contribution is -2.11. The van der Waals surface area contributed by atoms with E-state index >= 15 is 0 Å². The Labute approximate surface area is 219 Å². The van der Waals surface area contributed by atoms with Gasteiger partial charge in [0.25, 0.3) is 0 Å². The van der Waals surface area contributed by atoms with Gasteiger partial charge in [0.1, 0.15) is 0 Å². The minimum absolute atomic E-state index is 0.327. The number of unbranched alkanes of at least 4 members (excludes halogenated alkanes) is 17. The van der Waals surface area contributed by atoms with Crippen molar-refractivity contribution in [2.75, 3.05) is 0 Å². The van der Waals surface area contributed by atoms with Crippen LogP contribution in [0.4, 0.5) is 0 Å². The van der Waals surface area contributed by atoms with Crippen LogP contribution in [0.1, 0.15) is 188 Å². The zero-order valence-corrected chi connectivity index (χ0v) is 24.2. The summed E-state index contributed by atoms with van der Waals surface area (Å²) in [6, 6.07) is 0. The normalized spacial score (nSPS) is 11.3. The lowest BCUT2D eigenvalue weighted by Gasteiger charge is -2.16. The lowest BCUT2D eigenvalue weighted by atomic mass is 9.90. The Hall–Kier alpha value is -0.860. The summed E-state index contributed by atoms with van der Waals surface area (Å²) in [5, 5.41) is 0. The molecule has 0 aromatic carbocycles. The van der Waals surface area contributed by atoms with Gasteiger partial charge in [0.15, 0.2) is 0 Å². The van der Waals surface area contributed by atoms with Gasteiger partial charge >= 0.3 is 11.9 Å². The third kappa shape index (κ3) is 26.0. The second kappa shape index (κ2) is 27.7. The van der Waals surface area contributed by atoms with Crippen molar-refractivity contribution < 1.29 is 14.3 Å². The van der Waals surface area contributed by atoms with Crippen molar-refractivity contribution in [2.45, 2.75) is 188 Å². The number of hydrogen-bond acceptors (Lipinski definition) is 3. The zero-order valence-electron chi connectivity index (χ0n) is 24.2. The van der Waals surface area contributed by atoms with Gasteiger partial charge in [-0.1, -0.05) is 162 Å². The van der Waals surface area contributed by atoms with E-state index in [2.05, 4.69) is 20.8 Å². The maximum Gasteiger partial charge on any atom is 0.313 e. The predicted octanol–water partition coefficient (Wildman–Crippen LogP) is 10.9. The Bertz CT molecular complexity index is 452. The molecule has 0 rings (SSSR count). The number of carbonyl (C=O) groups excluding carboxylic acids is 2. The Morgan fingerprint density at radius 3 is 1.14 bits per heavy atom. The molecule has 0 aromatic rings. The zero-order chi connectivity index (χ0) is 25.8. The Balaban J connectivity index is 3.47. The van der Waals surface area contributed by atoms with Crippen LogP contribution in [0, 0.1) is 5.92 Å². The van der Waals surface area contributed by atoms with Crippen molar-refractivity contribution in [1.82, 2.24) is 0 Å². The summed E-state index contributed by atoms with van der Waals surface area (Å²) in [5.41, 5.74) is 0. The van der Waals surface area contributed by atoms with Gasteiger partial charge in [0.2, 0.25) is 0 Å². The highest BCUT2D eigenvalue weighted by atomic mass is 16.6. The fraction of sp³-hybridized carbons (Fsp3) is 0.938. The summed E-state index contributed by atoms with van der Waals surface area (Å²) >= 11 is 0. The van der Waals surface area contributed by atoms with Gasteiger partial charge in [0, 0.05) is 12.8 Å². The topological polar surface area (TPSA) is 43.4 Å². The summed E-state index contributed by atoms with van der Waals surface area (Å²) in [5.74, 6) is 0.308. The Morgan fingerprint density at radius 2 is 0.743 bits per heavy atom. The SMILES string of the molecule is CCCCCCCCCCCC(=O)OC(=O)CCCCCCCCCCC(CCCC)CCCC. The maximum atomic E-state index is 11.9. The predicted molar refractivity (Wildman–Crippen MR) is 152 cm³/mol. The fourth-order valence-corrected chi connectivity index (χ4v) is 4.99. The van der Waals surface area contributed by atoms with E-state index in [0.29, 0.717) is 12.8 Å². The van der Waals surface area contributed by atoms with Gasteiger partial charge in [-0.25, -0.2) is 0 Å². The molecule has 0 bridgehead atoms. The highest BCUT2D eigenvalue weighted by Gasteiger charge is 2.10. The standard InChI is InChI=1S/C32H62O3/c1-4-7-10-11-12-13-17-20-23-28-31(33)35-32(34)29-24-21-18-15-14-16-19-22-27-30(25-8-5-2)26-9-6-3/h30H,4-29H2,1-3H3. The van der Waals surface area contributed by atoms with Crippen molar-refractivity contribution in [2.24, 2.45) is 5.92 Å². The molecule has 0 saturated heterocycles. The molecule has 35 heavy (non-hydrogen) atoms. The van der Waals surface area contributed by atoms with Gasteiger partial charge < -0.3 is 4.74 Å². The molecule has 0 amide bonds. The van der Waals surface area contributed by atoms with Crippen molar-refractivity contribution >= 4 is 11.9 Å². The van der Waals surface area contributed by atoms with Crippen molar-refractivity contribution in [3.63, 3.8) is 0 Å². The molecule has 3 nitrogen and oxygen atoms in total. The van der Waals surface area contributed by atoms with Gasteiger partial charge in [-0.05, 0) is 18.8 Å². The molecular formula is C32H62O3. The van der Waals surface area contributed by atoms with E-state index in [-0.39, 0.29) is 11.9 Å². The number of ether oxygens (including phenoxy) is 1. The average molecular weight is 495 g/mol. The first-order valence-electron chi connectivity index (χ1n) is 15.9. The maximum absolute atomic E-state index is 11.9. The van der Waals surface area contributed by atoms with E-state index < -0.39 is 0 Å². The molecule has 0 radical (unpaired) electrons. The van der Waals surface area contributed by atoms with Crippen molar-refractivity contribution in [3.8, 4) is 0 Å². The minimum Gasteiger partial charge on any atom is -0.393 e. The molecular weight excluding hydrogens is 432 g/mol. The molecule has 0 fully saturated rings. The van der Waals surface area contributed by atoms with Gasteiger partial charge in [-0.3, -0.25) is 9.59 Å². The van der Waals surface area contributed by atoms with Gasteiger partial charge in [-0.15, -0.1) is 0 Å². The molecule has 0 aliphatic carbocycles. The molecule has 0 atom stereocenters. The van der Waals surface area contributed by atoms with Crippen LogP contribution in [-0.2, 0) is 14.3 Å². The van der Waals surface area contributed by atoms with Crippen LogP contribution in [0.5, 0.6) is 0 Å². The molecule has 0 saturated carbocycles. The highest BCUT2D eigenvalue weighted by molar-refractivity contribution is 5.85. The molecule has 0 heterocycles. The summed E-state index contributed by atoms with van der Waals surface area (Å²) < 4.78 is 4.98. The summed E-state index contributed by atoms with van der Waals surface area (Å²) in [6.07, 6.45) is 31.3. The van der Waals surface area contributed by atoms with Crippen LogP contribution >= 0.6 is 0 Å². The average Bonchev–Trinajstić information content (AvgIpc) is 2.85. The molecule has 208 valence electrons. The first kappa shape index (κ1) is 34.1. The lowest BCUT2D eigenvalue weighted by molar-refractivity contribution is -0.159. The molecule has 0 unspecified atom stereocenters. The smallest absolute Gasteiger partial charge is 0.313 e. The number of carbonyl (C=O) groups is 2. The number of rotatable bonds is 27. The van der Waals surface area contributed by atoms with Gasteiger partial charge in [0.05, 0.1) is 0 Å². The first-order chi connectivity index (χ1) is 17.1. The molecule has 0 spiro atoms. The van der Waals surface area contributed by atoms with E-state index in [1.807, 2.05) is 0 Å². The minimum atomic E-state index is -0.329. The molecule has 0 N–H and O–H groups in total. The summed E-state index contributed by atoms with van der Waals surface area (Å²) in [4.78, 5) is 23.7. The van der Waals surface area contributed by atoms with Crippen LogP contribution in [0.3, 0.4) is 0 Å². The van der Waals surface area contributed by atoms with E-state index in [9.17, 15) is 9.59 Å². The van der Waals surface area contributed by atoms with E-state index in [1.165, 1.54) is 128 Å². The summed E-state index contributed by atoms with van der Waals surface area (Å²) in [7, 11) is 0. The number of hydrogen-bond donors (Lipinski definition) is 0. The fourth-order valence-electron chi connectivity index (χ4n) is 4.99. The largest absolute Gasteiger partial charge is 0.393 e. The molecule has 0 aliphatic rings. The van der Waals surface area contributed by atoms with Crippen LogP contribution < -0.4 is 0 Å². The van der Waals surface area contributed by atoms with E-state index in [4.69, 9.17) is 4.74 Å². The quantitative estimate of drug-likeness (QED) is 0.0647. The molecule has 0 aromatic heterocycles. The Morgan fingerprint density at radius 1 is 0.429 bits per heavy atom. The van der Waals surface area contributed by atoms with Crippen molar-refractivity contribution in [3.05, 3.63) is 0 Å². The first-order valence-corrected chi connectivity index (χ1v) is 15.9. The van der Waals surface area contributed by atoms with Crippen molar-refractivity contribution in [1.29, 1.82) is 0 Å². The third-order valence-electron chi connectivity index (χ3n) is 7.39. The molecule has 0 aliphatic heterocycles. The Kier molecular flexibility index (Phi) is 27.0. The summed E-state index contributed by atoms with van der Waals surface area (Å²) in [6.45, 7) is 6.85. The van der Waals surface area contributed by atoms with Crippen LogP contribution in [0.2, 0.25) is 0 Å². The van der Waals surface area contributed by atoms with Crippen LogP contribution in [0.15, 0.2) is 0 Å².